The first-order chi connectivity index (χ1) is 8.95. The summed E-state index contributed by atoms with van der Waals surface area (Å²) in [4.78, 5) is 0. The number of hydrogen-bond donors (Lipinski definition) is 1. The highest BCUT2D eigenvalue weighted by molar-refractivity contribution is 6.51. The lowest BCUT2D eigenvalue weighted by Crippen LogP contribution is -1.98. The molecule has 1 nitrogen and oxygen atoms in total. The molecule has 2 aromatic rings. The fraction of sp³-hybridized carbons (Fsp3) is 0.0769. The molecular formula is C13H8Cl4FN. The summed E-state index contributed by atoms with van der Waals surface area (Å²) in [6, 6.07) is 6.04. The van der Waals surface area contributed by atoms with Gasteiger partial charge >= 0.3 is 0 Å². The number of benzene rings is 2. The molecule has 0 spiro atoms. The lowest BCUT2D eigenvalue weighted by atomic mass is 10.0. The molecule has 6 heteroatoms. The third-order valence-corrected chi connectivity index (χ3v) is 4.21. The van der Waals surface area contributed by atoms with E-state index in [4.69, 9.17) is 52.1 Å². The van der Waals surface area contributed by atoms with Crippen LogP contribution < -0.4 is 5.73 Å². The van der Waals surface area contributed by atoms with E-state index >= 15 is 0 Å². The minimum Gasteiger partial charge on any atom is -0.326 e. The second-order valence-corrected chi connectivity index (χ2v) is 5.43. The fourth-order valence-electron chi connectivity index (χ4n) is 1.70. The van der Waals surface area contributed by atoms with E-state index in [1.165, 1.54) is 12.1 Å². The number of nitrogens with two attached hydrogens (primary N) is 1. The molecule has 2 aromatic carbocycles. The average molecular weight is 339 g/mol. The van der Waals surface area contributed by atoms with Crippen molar-refractivity contribution in [2.75, 3.05) is 0 Å². The molecule has 0 aliphatic rings. The average Bonchev–Trinajstić information content (AvgIpc) is 2.38. The molecule has 0 saturated carbocycles. The molecule has 0 radical (unpaired) electrons. The maximum absolute atomic E-state index is 14.1. The number of halogens is 5. The predicted molar refractivity (Wildman–Crippen MR) is 79.8 cm³/mol. The van der Waals surface area contributed by atoms with Crippen molar-refractivity contribution in [3.8, 4) is 11.1 Å². The smallest absolute Gasteiger partial charge is 0.131 e. The standard InChI is InChI=1S/C13H8Cl4FN/c14-8-4-9(15)12(16)13(17)11(8)7-2-1-6(5-19)3-10(7)18/h1-4H,5,19H2. The van der Waals surface area contributed by atoms with Crippen LogP contribution in [0.5, 0.6) is 0 Å². The monoisotopic (exact) mass is 337 g/mol. The molecule has 0 atom stereocenters. The first-order valence-electron chi connectivity index (χ1n) is 5.27. The zero-order chi connectivity index (χ0) is 14.2. The van der Waals surface area contributed by atoms with Gasteiger partial charge in [0.15, 0.2) is 0 Å². The lowest BCUT2D eigenvalue weighted by molar-refractivity contribution is 0.629. The van der Waals surface area contributed by atoms with E-state index in [2.05, 4.69) is 0 Å². The van der Waals surface area contributed by atoms with Crippen LogP contribution in [0, 0.1) is 5.82 Å². The molecule has 0 unspecified atom stereocenters. The molecule has 0 fully saturated rings. The van der Waals surface area contributed by atoms with Crippen LogP contribution in [0.2, 0.25) is 20.1 Å². The van der Waals surface area contributed by atoms with E-state index in [9.17, 15) is 4.39 Å². The topological polar surface area (TPSA) is 26.0 Å². The zero-order valence-corrected chi connectivity index (χ0v) is 12.5. The third kappa shape index (κ3) is 2.83. The highest BCUT2D eigenvalue weighted by Gasteiger charge is 2.18. The van der Waals surface area contributed by atoms with E-state index in [0.717, 1.165) is 0 Å². The quantitative estimate of drug-likeness (QED) is 0.562. The van der Waals surface area contributed by atoms with Gasteiger partial charge in [-0.15, -0.1) is 0 Å². The Hall–Kier alpha value is -0.510. The van der Waals surface area contributed by atoms with Crippen LogP contribution >= 0.6 is 46.4 Å². The predicted octanol–water partition coefficient (Wildman–Crippen LogP) is 5.57. The van der Waals surface area contributed by atoms with E-state index < -0.39 is 5.82 Å². The highest BCUT2D eigenvalue weighted by atomic mass is 35.5. The summed E-state index contributed by atoms with van der Waals surface area (Å²) < 4.78 is 14.1. The minimum absolute atomic E-state index is 0.124. The molecular weight excluding hydrogens is 331 g/mol. The van der Waals surface area contributed by atoms with E-state index in [1.54, 1.807) is 12.1 Å². The fourth-order valence-corrected chi connectivity index (χ4v) is 2.82. The molecule has 19 heavy (non-hydrogen) atoms. The van der Waals surface area contributed by atoms with Gasteiger partial charge in [-0.25, -0.2) is 4.39 Å². The Kier molecular flexibility index (Phi) is 4.59. The molecule has 0 bridgehead atoms. The first-order valence-corrected chi connectivity index (χ1v) is 6.78. The van der Waals surface area contributed by atoms with Crippen LogP contribution in [0.25, 0.3) is 11.1 Å². The van der Waals surface area contributed by atoms with Crippen LogP contribution in [0.15, 0.2) is 24.3 Å². The van der Waals surface area contributed by atoms with Crippen LogP contribution in [-0.4, -0.2) is 0 Å². The normalized spacial score (nSPS) is 10.8. The van der Waals surface area contributed by atoms with Crippen LogP contribution in [0.4, 0.5) is 4.39 Å². The van der Waals surface area contributed by atoms with Gasteiger partial charge in [-0.05, 0) is 17.7 Å². The van der Waals surface area contributed by atoms with E-state index in [1.807, 2.05) is 0 Å². The largest absolute Gasteiger partial charge is 0.326 e. The second kappa shape index (κ2) is 5.86. The van der Waals surface area contributed by atoms with Crippen molar-refractivity contribution in [1.82, 2.24) is 0 Å². The summed E-state index contributed by atoms with van der Waals surface area (Å²) in [6.07, 6.45) is 0. The van der Waals surface area contributed by atoms with Gasteiger partial charge < -0.3 is 5.73 Å². The summed E-state index contributed by atoms with van der Waals surface area (Å²) in [5.41, 5.74) is 6.70. The molecule has 0 heterocycles. The Bertz CT molecular complexity index is 643. The maximum atomic E-state index is 14.1. The van der Waals surface area contributed by atoms with Crippen LogP contribution in [0.3, 0.4) is 0 Å². The summed E-state index contributed by atoms with van der Waals surface area (Å²) in [5.74, 6) is -0.467. The van der Waals surface area contributed by atoms with Gasteiger partial charge in [-0.2, -0.15) is 0 Å². The highest BCUT2D eigenvalue weighted by Crippen LogP contribution is 2.43. The van der Waals surface area contributed by atoms with Crippen LogP contribution in [0.1, 0.15) is 5.56 Å². The number of rotatable bonds is 2. The molecule has 0 aliphatic carbocycles. The molecule has 100 valence electrons. The Morgan fingerprint density at radius 1 is 0.947 bits per heavy atom. The van der Waals surface area contributed by atoms with Gasteiger partial charge in [-0.3, -0.25) is 0 Å². The Morgan fingerprint density at radius 3 is 2.21 bits per heavy atom. The summed E-state index contributed by atoms with van der Waals surface area (Å²) in [6.45, 7) is 0.250. The SMILES string of the molecule is NCc1ccc(-c2c(Cl)cc(Cl)c(Cl)c2Cl)c(F)c1. The number of hydrogen-bond acceptors (Lipinski definition) is 1. The second-order valence-electron chi connectivity index (χ2n) is 3.86. The van der Waals surface area contributed by atoms with Gasteiger partial charge in [-0.1, -0.05) is 58.5 Å². The molecule has 2 rings (SSSR count). The molecule has 0 aliphatic heterocycles. The van der Waals surface area contributed by atoms with Gasteiger partial charge in [0.05, 0.1) is 20.1 Å². The Labute approximate surface area is 130 Å². The third-order valence-electron chi connectivity index (χ3n) is 2.65. The van der Waals surface area contributed by atoms with Gasteiger partial charge in [0.25, 0.3) is 0 Å². The molecule has 0 saturated heterocycles. The summed E-state index contributed by atoms with van der Waals surface area (Å²) in [5, 5.41) is 0.724. The van der Waals surface area contributed by atoms with Crippen molar-refractivity contribution in [3.63, 3.8) is 0 Å². The van der Waals surface area contributed by atoms with Gasteiger partial charge in [0, 0.05) is 17.7 Å². The van der Waals surface area contributed by atoms with Crippen molar-refractivity contribution in [2.24, 2.45) is 5.73 Å². The van der Waals surface area contributed by atoms with Crippen molar-refractivity contribution in [2.45, 2.75) is 6.54 Å². The molecule has 0 amide bonds. The lowest BCUT2D eigenvalue weighted by Gasteiger charge is -2.12. The van der Waals surface area contributed by atoms with E-state index in [0.29, 0.717) is 11.1 Å². The van der Waals surface area contributed by atoms with Crippen molar-refractivity contribution in [1.29, 1.82) is 0 Å². The summed E-state index contributed by atoms with van der Waals surface area (Å²) in [7, 11) is 0. The minimum atomic E-state index is -0.467. The Balaban J connectivity index is 2.69. The van der Waals surface area contributed by atoms with Gasteiger partial charge in [0.1, 0.15) is 5.82 Å². The first kappa shape index (κ1) is 14.9. The zero-order valence-electron chi connectivity index (χ0n) is 9.48. The molecule has 0 aromatic heterocycles. The summed E-state index contributed by atoms with van der Waals surface area (Å²) >= 11 is 24.0. The molecule has 2 N–H and O–H groups in total. The Morgan fingerprint density at radius 2 is 1.63 bits per heavy atom. The van der Waals surface area contributed by atoms with Crippen molar-refractivity contribution < 1.29 is 4.39 Å². The van der Waals surface area contributed by atoms with Crippen LogP contribution in [-0.2, 0) is 6.54 Å². The van der Waals surface area contributed by atoms with Gasteiger partial charge in [0.2, 0.25) is 0 Å². The maximum Gasteiger partial charge on any atom is 0.131 e. The van der Waals surface area contributed by atoms with Crippen molar-refractivity contribution in [3.05, 3.63) is 55.7 Å². The van der Waals surface area contributed by atoms with Crippen molar-refractivity contribution >= 4 is 46.4 Å². The van der Waals surface area contributed by atoms with E-state index in [-0.39, 0.29) is 32.2 Å².